The standard InChI is InChI=1S/C11H18N2O/c1-4-9(7-12)11(14)13(3)8(2)10-5-6-10/h8-10H,4-6H2,1-3H3. The SMILES string of the molecule is CCC(C#N)C(=O)N(C)C(C)C1CC1. The predicted octanol–water partition coefficient (Wildman–Crippen LogP) is 1.79. The summed E-state index contributed by atoms with van der Waals surface area (Å²) in [4.78, 5) is 13.5. The minimum Gasteiger partial charge on any atom is -0.342 e. The van der Waals surface area contributed by atoms with Gasteiger partial charge in [-0.25, -0.2) is 0 Å². The minimum absolute atomic E-state index is 0.0191. The van der Waals surface area contributed by atoms with Crippen molar-refractivity contribution in [1.82, 2.24) is 4.90 Å². The number of hydrogen-bond donors (Lipinski definition) is 0. The number of carbonyl (C=O) groups is 1. The Labute approximate surface area is 85.7 Å². The molecular weight excluding hydrogens is 176 g/mol. The van der Waals surface area contributed by atoms with E-state index in [-0.39, 0.29) is 5.91 Å². The molecule has 1 aliphatic carbocycles. The molecule has 0 aromatic rings. The minimum atomic E-state index is -0.457. The zero-order chi connectivity index (χ0) is 10.7. The van der Waals surface area contributed by atoms with Gasteiger partial charge in [0.15, 0.2) is 0 Å². The van der Waals surface area contributed by atoms with E-state index in [4.69, 9.17) is 5.26 Å². The molecule has 0 radical (unpaired) electrons. The van der Waals surface area contributed by atoms with E-state index in [1.165, 1.54) is 12.8 Å². The number of amides is 1. The summed E-state index contributed by atoms with van der Waals surface area (Å²) in [6.07, 6.45) is 3.06. The van der Waals surface area contributed by atoms with Crippen molar-refractivity contribution in [2.24, 2.45) is 11.8 Å². The van der Waals surface area contributed by atoms with Crippen molar-refractivity contribution in [3.8, 4) is 6.07 Å². The number of nitriles is 1. The summed E-state index contributed by atoms with van der Waals surface area (Å²) < 4.78 is 0. The molecule has 0 bridgehead atoms. The van der Waals surface area contributed by atoms with Crippen molar-refractivity contribution >= 4 is 5.91 Å². The van der Waals surface area contributed by atoms with Crippen LogP contribution in [-0.2, 0) is 4.79 Å². The van der Waals surface area contributed by atoms with Gasteiger partial charge in [-0.3, -0.25) is 4.79 Å². The molecule has 2 unspecified atom stereocenters. The van der Waals surface area contributed by atoms with Gasteiger partial charge in [-0.2, -0.15) is 5.26 Å². The van der Waals surface area contributed by atoms with Gasteiger partial charge in [-0.05, 0) is 32.1 Å². The first-order valence-electron chi connectivity index (χ1n) is 5.28. The number of nitrogens with zero attached hydrogens (tertiary/aromatic N) is 2. The summed E-state index contributed by atoms with van der Waals surface area (Å²) in [5.41, 5.74) is 0. The van der Waals surface area contributed by atoms with E-state index >= 15 is 0 Å². The largest absolute Gasteiger partial charge is 0.342 e. The number of hydrogen-bond acceptors (Lipinski definition) is 2. The normalized spacial score (nSPS) is 19.6. The molecule has 1 aliphatic rings. The van der Waals surface area contributed by atoms with Crippen LogP contribution in [0.15, 0.2) is 0 Å². The summed E-state index contributed by atoms with van der Waals surface area (Å²) in [5.74, 6) is 0.191. The molecule has 0 aliphatic heterocycles. The number of rotatable bonds is 4. The van der Waals surface area contributed by atoms with Gasteiger partial charge < -0.3 is 4.90 Å². The molecule has 0 N–H and O–H groups in total. The Balaban J connectivity index is 2.54. The average molecular weight is 194 g/mol. The quantitative estimate of drug-likeness (QED) is 0.685. The molecule has 1 rings (SSSR count). The fourth-order valence-corrected chi connectivity index (χ4v) is 1.66. The molecule has 1 amide bonds. The van der Waals surface area contributed by atoms with E-state index in [0.29, 0.717) is 18.4 Å². The Morgan fingerprint density at radius 3 is 2.57 bits per heavy atom. The van der Waals surface area contributed by atoms with Gasteiger partial charge in [0.05, 0.1) is 6.07 Å². The van der Waals surface area contributed by atoms with Gasteiger partial charge in [0.2, 0.25) is 5.91 Å². The van der Waals surface area contributed by atoms with Crippen molar-refractivity contribution in [3.63, 3.8) is 0 Å². The van der Waals surface area contributed by atoms with E-state index in [1.807, 2.05) is 14.0 Å². The lowest BCUT2D eigenvalue weighted by Crippen LogP contribution is -2.39. The second-order valence-corrected chi connectivity index (χ2v) is 4.12. The first-order chi connectivity index (χ1) is 6.61. The summed E-state index contributed by atoms with van der Waals surface area (Å²) in [6, 6.07) is 2.35. The molecule has 0 aromatic carbocycles. The Kier molecular flexibility index (Phi) is 3.51. The molecule has 1 fully saturated rings. The van der Waals surface area contributed by atoms with E-state index < -0.39 is 5.92 Å². The van der Waals surface area contributed by atoms with E-state index in [1.54, 1.807) is 4.90 Å². The van der Waals surface area contributed by atoms with Crippen molar-refractivity contribution in [2.75, 3.05) is 7.05 Å². The van der Waals surface area contributed by atoms with Crippen LogP contribution >= 0.6 is 0 Å². The smallest absolute Gasteiger partial charge is 0.239 e. The first-order valence-corrected chi connectivity index (χ1v) is 5.28. The first kappa shape index (κ1) is 11.0. The fraction of sp³-hybridized carbons (Fsp3) is 0.818. The fourth-order valence-electron chi connectivity index (χ4n) is 1.66. The zero-order valence-corrected chi connectivity index (χ0v) is 9.16. The highest BCUT2D eigenvalue weighted by Gasteiger charge is 2.34. The van der Waals surface area contributed by atoms with Crippen molar-refractivity contribution in [3.05, 3.63) is 0 Å². The molecule has 0 heterocycles. The van der Waals surface area contributed by atoms with Crippen molar-refractivity contribution in [1.29, 1.82) is 5.26 Å². The maximum atomic E-state index is 11.8. The lowest BCUT2D eigenvalue weighted by molar-refractivity contribution is -0.134. The Hall–Kier alpha value is -1.04. The molecule has 0 spiro atoms. The topological polar surface area (TPSA) is 44.1 Å². The van der Waals surface area contributed by atoms with Crippen LogP contribution in [-0.4, -0.2) is 23.9 Å². The monoisotopic (exact) mass is 194 g/mol. The maximum Gasteiger partial charge on any atom is 0.239 e. The van der Waals surface area contributed by atoms with Crippen LogP contribution in [0, 0.1) is 23.2 Å². The molecule has 2 atom stereocenters. The highest BCUT2D eigenvalue weighted by atomic mass is 16.2. The van der Waals surface area contributed by atoms with Crippen LogP contribution in [0.5, 0.6) is 0 Å². The third-order valence-corrected chi connectivity index (χ3v) is 3.12. The average Bonchev–Trinajstić information content (AvgIpc) is 3.00. The van der Waals surface area contributed by atoms with Gasteiger partial charge in [0.25, 0.3) is 0 Å². The van der Waals surface area contributed by atoms with Crippen LogP contribution in [0.4, 0.5) is 0 Å². The van der Waals surface area contributed by atoms with E-state index in [2.05, 4.69) is 13.0 Å². The predicted molar refractivity (Wildman–Crippen MR) is 54.4 cm³/mol. The Morgan fingerprint density at radius 2 is 2.21 bits per heavy atom. The van der Waals surface area contributed by atoms with E-state index in [0.717, 1.165) is 0 Å². The molecule has 78 valence electrons. The highest BCUT2D eigenvalue weighted by Crippen LogP contribution is 2.35. The lowest BCUT2D eigenvalue weighted by Gasteiger charge is -2.26. The van der Waals surface area contributed by atoms with Crippen LogP contribution in [0.1, 0.15) is 33.1 Å². The summed E-state index contributed by atoms with van der Waals surface area (Å²) in [7, 11) is 1.81. The second kappa shape index (κ2) is 4.45. The summed E-state index contributed by atoms with van der Waals surface area (Å²) in [5, 5.41) is 8.78. The number of carbonyl (C=O) groups excluding carboxylic acids is 1. The highest BCUT2D eigenvalue weighted by molar-refractivity contribution is 5.81. The summed E-state index contributed by atoms with van der Waals surface area (Å²) in [6.45, 7) is 3.95. The molecule has 14 heavy (non-hydrogen) atoms. The van der Waals surface area contributed by atoms with Crippen molar-refractivity contribution in [2.45, 2.75) is 39.2 Å². The van der Waals surface area contributed by atoms with Gasteiger partial charge in [-0.15, -0.1) is 0 Å². The van der Waals surface area contributed by atoms with Crippen LogP contribution in [0.3, 0.4) is 0 Å². The van der Waals surface area contributed by atoms with Gasteiger partial charge in [0.1, 0.15) is 5.92 Å². The molecule has 0 aromatic heterocycles. The van der Waals surface area contributed by atoms with Gasteiger partial charge in [-0.1, -0.05) is 6.92 Å². The Bertz CT molecular complexity index is 253. The van der Waals surface area contributed by atoms with Gasteiger partial charge >= 0.3 is 0 Å². The molecule has 1 saturated carbocycles. The molecule has 0 saturated heterocycles. The molecular formula is C11H18N2O. The van der Waals surface area contributed by atoms with Crippen molar-refractivity contribution < 1.29 is 4.79 Å². The molecule has 3 heteroatoms. The Morgan fingerprint density at radius 1 is 1.64 bits per heavy atom. The van der Waals surface area contributed by atoms with Crippen LogP contribution < -0.4 is 0 Å². The third-order valence-electron chi connectivity index (χ3n) is 3.12. The second-order valence-electron chi connectivity index (χ2n) is 4.12. The summed E-state index contributed by atoms with van der Waals surface area (Å²) >= 11 is 0. The maximum absolute atomic E-state index is 11.8. The van der Waals surface area contributed by atoms with E-state index in [9.17, 15) is 4.79 Å². The molecule has 3 nitrogen and oxygen atoms in total. The van der Waals surface area contributed by atoms with Crippen LogP contribution in [0.2, 0.25) is 0 Å². The lowest BCUT2D eigenvalue weighted by atomic mass is 10.1. The van der Waals surface area contributed by atoms with Gasteiger partial charge in [0, 0.05) is 13.1 Å². The third kappa shape index (κ3) is 2.25. The zero-order valence-electron chi connectivity index (χ0n) is 9.16. The van der Waals surface area contributed by atoms with Crippen LogP contribution in [0.25, 0.3) is 0 Å².